The van der Waals surface area contributed by atoms with Gasteiger partial charge in [-0.1, -0.05) is 6.92 Å². The molecule has 0 aliphatic heterocycles. The molecule has 0 fully saturated rings. The Balaban J connectivity index is 1.99. The molecule has 19 heavy (non-hydrogen) atoms. The highest BCUT2D eigenvalue weighted by molar-refractivity contribution is 7.19. The summed E-state index contributed by atoms with van der Waals surface area (Å²) >= 11 is 1.82. The van der Waals surface area contributed by atoms with Crippen molar-refractivity contribution in [3.63, 3.8) is 0 Å². The van der Waals surface area contributed by atoms with E-state index < -0.39 is 0 Å². The summed E-state index contributed by atoms with van der Waals surface area (Å²) in [7, 11) is 0. The lowest BCUT2D eigenvalue weighted by molar-refractivity contribution is 0.292. The highest BCUT2D eigenvalue weighted by Gasteiger charge is 2.22. The predicted octanol–water partition coefficient (Wildman–Crippen LogP) is 2.61. The van der Waals surface area contributed by atoms with Gasteiger partial charge in [-0.3, -0.25) is 0 Å². The second kappa shape index (κ2) is 5.43. The summed E-state index contributed by atoms with van der Waals surface area (Å²) in [4.78, 5) is 11.4. The third-order valence-electron chi connectivity index (χ3n) is 3.72. The van der Waals surface area contributed by atoms with E-state index in [1.807, 2.05) is 11.3 Å². The molecule has 1 aliphatic rings. The Kier molecular flexibility index (Phi) is 3.66. The largest absolute Gasteiger partial charge is 0.396 e. The Morgan fingerprint density at radius 2 is 2.37 bits per heavy atom. The first-order chi connectivity index (χ1) is 9.29. The van der Waals surface area contributed by atoms with Crippen molar-refractivity contribution < 1.29 is 5.11 Å². The molecule has 1 aliphatic carbocycles. The molecule has 2 aromatic heterocycles. The molecule has 102 valence electrons. The molecule has 2 aromatic rings. The van der Waals surface area contributed by atoms with Gasteiger partial charge in [0.05, 0.1) is 5.39 Å². The van der Waals surface area contributed by atoms with Crippen LogP contribution >= 0.6 is 11.3 Å². The van der Waals surface area contributed by atoms with Crippen LogP contribution in [-0.2, 0) is 12.8 Å². The fourth-order valence-corrected chi connectivity index (χ4v) is 4.05. The highest BCUT2D eigenvalue weighted by atomic mass is 32.1. The molecular formula is C14H19N3OS. The number of aromatic nitrogens is 2. The number of fused-ring (bicyclic) bond motifs is 3. The van der Waals surface area contributed by atoms with Crippen molar-refractivity contribution in [3.8, 4) is 0 Å². The van der Waals surface area contributed by atoms with E-state index in [2.05, 4.69) is 22.2 Å². The number of aliphatic hydroxyl groups excluding tert-OH is 1. The molecule has 0 saturated carbocycles. The SMILES string of the molecule is CC1CCc2c(sc3ncnc(NCCCO)c23)C1. The van der Waals surface area contributed by atoms with Crippen LogP contribution in [-0.4, -0.2) is 28.2 Å². The first-order valence-electron chi connectivity index (χ1n) is 6.89. The third-order valence-corrected chi connectivity index (χ3v) is 4.88. The molecule has 4 nitrogen and oxygen atoms in total. The van der Waals surface area contributed by atoms with Gasteiger partial charge < -0.3 is 10.4 Å². The minimum atomic E-state index is 0.209. The molecule has 1 atom stereocenters. The number of nitrogens with one attached hydrogen (secondary N) is 1. The Bertz CT molecular complexity index is 581. The number of nitrogens with zero attached hydrogens (tertiary/aromatic N) is 2. The van der Waals surface area contributed by atoms with Crippen LogP contribution in [0.15, 0.2) is 6.33 Å². The summed E-state index contributed by atoms with van der Waals surface area (Å²) in [6.45, 7) is 3.28. The number of rotatable bonds is 4. The first-order valence-corrected chi connectivity index (χ1v) is 7.71. The molecule has 0 amide bonds. The number of thiophene rings is 1. The molecule has 0 aromatic carbocycles. The van der Waals surface area contributed by atoms with E-state index in [0.29, 0.717) is 0 Å². The Labute approximate surface area is 116 Å². The molecule has 0 radical (unpaired) electrons. The summed E-state index contributed by atoms with van der Waals surface area (Å²) in [5.41, 5.74) is 1.45. The van der Waals surface area contributed by atoms with Crippen molar-refractivity contribution in [1.82, 2.24) is 9.97 Å². The van der Waals surface area contributed by atoms with Crippen molar-refractivity contribution in [2.45, 2.75) is 32.6 Å². The maximum Gasteiger partial charge on any atom is 0.138 e. The van der Waals surface area contributed by atoms with E-state index in [-0.39, 0.29) is 6.61 Å². The first kappa shape index (κ1) is 12.8. The topological polar surface area (TPSA) is 58.0 Å². The third kappa shape index (κ3) is 2.44. The van der Waals surface area contributed by atoms with E-state index in [4.69, 9.17) is 5.11 Å². The van der Waals surface area contributed by atoms with Crippen molar-refractivity contribution >= 4 is 27.4 Å². The average molecular weight is 277 g/mol. The Hall–Kier alpha value is -1.20. The van der Waals surface area contributed by atoms with Gasteiger partial charge in [0.2, 0.25) is 0 Å². The molecule has 5 heteroatoms. The number of aryl methyl sites for hydroxylation is 1. The van der Waals surface area contributed by atoms with E-state index in [9.17, 15) is 0 Å². The monoisotopic (exact) mass is 277 g/mol. The zero-order valence-electron chi connectivity index (χ0n) is 11.1. The molecular weight excluding hydrogens is 258 g/mol. The molecule has 0 spiro atoms. The van der Waals surface area contributed by atoms with Crippen LogP contribution in [0.1, 0.15) is 30.2 Å². The molecule has 0 saturated heterocycles. The van der Waals surface area contributed by atoms with E-state index in [0.717, 1.165) is 36.0 Å². The van der Waals surface area contributed by atoms with Crippen LogP contribution in [0.25, 0.3) is 10.2 Å². The minimum absolute atomic E-state index is 0.209. The van der Waals surface area contributed by atoms with Crippen LogP contribution in [0.3, 0.4) is 0 Å². The zero-order chi connectivity index (χ0) is 13.2. The summed E-state index contributed by atoms with van der Waals surface area (Å²) in [6.07, 6.45) is 5.94. The molecule has 2 heterocycles. The number of hydrogen-bond acceptors (Lipinski definition) is 5. The van der Waals surface area contributed by atoms with Crippen LogP contribution in [0.4, 0.5) is 5.82 Å². The smallest absolute Gasteiger partial charge is 0.138 e. The van der Waals surface area contributed by atoms with Gasteiger partial charge >= 0.3 is 0 Å². The lowest BCUT2D eigenvalue weighted by atomic mass is 9.89. The van der Waals surface area contributed by atoms with Crippen molar-refractivity contribution in [2.24, 2.45) is 5.92 Å². The minimum Gasteiger partial charge on any atom is -0.396 e. The van der Waals surface area contributed by atoms with Gasteiger partial charge in [0.25, 0.3) is 0 Å². The van der Waals surface area contributed by atoms with Crippen LogP contribution in [0.2, 0.25) is 0 Å². The lowest BCUT2D eigenvalue weighted by Crippen LogP contribution is -2.10. The second-order valence-corrected chi connectivity index (χ2v) is 6.34. The summed E-state index contributed by atoms with van der Waals surface area (Å²) in [6, 6.07) is 0. The number of aliphatic hydroxyl groups is 1. The van der Waals surface area contributed by atoms with Gasteiger partial charge in [0.1, 0.15) is 17.0 Å². The quantitative estimate of drug-likeness (QED) is 0.843. The normalized spacial score (nSPS) is 18.5. The van der Waals surface area contributed by atoms with Crippen molar-refractivity contribution in [3.05, 3.63) is 16.8 Å². The molecule has 3 rings (SSSR count). The fraction of sp³-hybridized carbons (Fsp3) is 0.571. The van der Waals surface area contributed by atoms with Crippen molar-refractivity contribution in [1.29, 1.82) is 0 Å². The predicted molar refractivity (Wildman–Crippen MR) is 78.8 cm³/mol. The lowest BCUT2D eigenvalue weighted by Gasteiger charge is -2.18. The van der Waals surface area contributed by atoms with Gasteiger partial charge in [0, 0.05) is 18.0 Å². The van der Waals surface area contributed by atoms with Gasteiger partial charge in [-0.15, -0.1) is 11.3 Å². The summed E-state index contributed by atoms with van der Waals surface area (Å²) in [5.74, 6) is 1.71. The standard InChI is InChI=1S/C14H19N3OS/c1-9-3-4-10-11(7-9)19-14-12(10)13(16-8-17-14)15-5-2-6-18/h8-9,18H,2-7H2,1H3,(H,15,16,17). The molecule has 1 unspecified atom stereocenters. The Morgan fingerprint density at radius 3 is 3.21 bits per heavy atom. The van der Waals surface area contributed by atoms with Crippen LogP contribution < -0.4 is 5.32 Å². The van der Waals surface area contributed by atoms with E-state index >= 15 is 0 Å². The molecule has 0 bridgehead atoms. The fourth-order valence-electron chi connectivity index (χ4n) is 2.69. The number of hydrogen-bond donors (Lipinski definition) is 2. The van der Waals surface area contributed by atoms with Crippen LogP contribution in [0.5, 0.6) is 0 Å². The van der Waals surface area contributed by atoms with Gasteiger partial charge in [-0.05, 0) is 37.2 Å². The van der Waals surface area contributed by atoms with Crippen molar-refractivity contribution in [2.75, 3.05) is 18.5 Å². The summed E-state index contributed by atoms with van der Waals surface area (Å²) < 4.78 is 0. The van der Waals surface area contributed by atoms with Gasteiger partial charge in [-0.2, -0.15) is 0 Å². The molecule has 2 N–H and O–H groups in total. The summed E-state index contributed by atoms with van der Waals surface area (Å²) in [5, 5.41) is 13.4. The highest BCUT2D eigenvalue weighted by Crippen LogP contribution is 2.39. The maximum atomic E-state index is 8.87. The van der Waals surface area contributed by atoms with E-state index in [1.54, 1.807) is 6.33 Å². The zero-order valence-corrected chi connectivity index (χ0v) is 12.0. The average Bonchev–Trinajstić information content (AvgIpc) is 2.77. The van der Waals surface area contributed by atoms with Crippen LogP contribution in [0, 0.1) is 5.92 Å². The van der Waals surface area contributed by atoms with Gasteiger partial charge in [-0.25, -0.2) is 9.97 Å². The Morgan fingerprint density at radius 1 is 1.47 bits per heavy atom. The number of anilines is 1. The van der Waals surface area contributed by atoms with E-state index in [1.165, 1.54) is 28.7 Å². The van der Waals surface area contributed by atoms with Gasteiger partial charge in [0.15, 0.2) is 0 Å². The maximum absolute atomic E-state index is 8.87. The second-order valence-electron chi connectivity index (χ2n) is 5.26.